The molecule has 0 N–H and O–H groups in total. The van der Waals surface area contributed by atoms with Gasteiger partial charge in [-0.1, -0.05) is 137 Å². The predicted molar refractivity (Wildman–Crippen MR) is 240 cm³/mol. The molecule has 9 nitrogen and oxygen atoms in total. The smallest absolute Gasteiger partial charge is 0.306 e. The minimum absolute atomic E-state index is 0.0456. The van der Waals surface area contributed by atoms with Gasteiger partial charge in [0.2, 0.25) is 0 Å². The van der Waals surface area contributed by atoms with Gasteiger partial charge in [-0.2, -0.15) is 0 Å². The van der Waals surface area contributed by atoms with Crippen LogP contribution in [0.4, 0.5) is 0 Å². The van der Waals surface area contributed by atoms with Crippen molar-refractivity contribution in [2.24, 2.45) is 0 Å². The molecule has 0 saturated carbocycles. The summed E-state index contributed by atoms with van der Waals surface area (Å²) in [6.07, 6.45) is 50.3. The number of esters is 2. The summed E-state index contributed by atoms with van der Waals surface area (Å²) in [4.78, 5) is 37.5. The van der Waals surface area contributed by atoms with E-state index in [0.29, 0.717) is 23.9 Å². The van der Waals surface area contributed by atoms with Crippen molar-refractivity contribution >= 4 is 19.8 Å². The van der Waals surface area contributed by atoms with Gasteiger partial charge in [-0.15, -0.1) is 0 Å². The zero-order valence-electron chi connectivity index (χ0n) is 37.2. The van der Waals surface area contributed by atoms with Crippen LogP contribution >= 0.6 is 7.82 Å². The molecule has 10 heteroatoms. The van der Waals surface area contributed by atoms with Crippen molar-refractivity contribution in [3.8, 4) is 0 Å². The molecule has 0 heterocycles. The van der Waals surface area contributed by atoms with Crippen LogP contribution in [0.5, 0.6) is 0 Å². The quantitative estimate of drug-likeness (QED) is 0.0198. The fourth-order valence-corrected chi connectivity index (χ4v) is 6.08. The van der Waals surface area contributed by atoms with Crippen LogP contribution in [0.2, 0.25) is 0 Å². The van der Waals surface area contributed by atoms with E-state index in [0.717, 1.165) is 83.5 Å². The van der Waals surface area contributed by atoms with Crippen LogP contribution < -0.4 is 4.89 Å². The monoisotopic (exact) mass is 832 g/mol. The zero-order chi connectivity index (χ0) is 42.8. The highest BCUT2D eigenvalue weighted by Crippen LogP contribution is 2.38. The Morgan fingerprint density at radius 3 is 1.45 bits per heavy atom. The number of hydrogen-bond donors (Lipinski definition) is 0. The van der Waals surface area contributed by atoms with Gasteiger partial charge in [0, 0.05) is 12.8 Å². The second-order valence-corrected chi connectivity index (χ2v) is 17.1. The summed E-state index contributed by atoms with van der Waals surface area (Å²) in [6, 6.07) is 0. The molecule has 0 aromatic rings. The number of nitrogens with zero attached hydrogens (tertiary/aromatic N) is 1. The van der Waals surface area contributed by atoms with E-state index in [1.54, 1.807) is 0 Å². The number of allylic oxidation sites excluding steroid dienone is 14. The molecular weight excluding hydrogens is 750 g/mol. The zero-order valence-corrected chi connectivity index (χ0v) is 38.1. The second kappa shape index (κ2) is 39.6. The Morgan fingerprint density at radius 2 is 0.966 bits per heavy atom. The van der Waals surface area contributed by atoms with Crippen molar-refractivity contribution in [2.45, 2.75) is 161 Å². The van der Waals surface area contributed by atoms with E-state index in [9.17, 15) is 19.0 Å². The number of carbonyl (C=O) groups is 2. The highest BCUT2D eigenvalue weighted by Gasteiger charge is 2.21. The summed E-state index contributed by atoms with van der Waals surface area (Å²) in [5.74, 6) is -0.905. The first kappa shape index (κ1) is 55.2. The van der Waals surface area contributed by atoms with Crippen LogP contribution in [0.1, 0.15) is 155 Å². The average molecular weight is 832 g/mol. The third-order valence-corrected chi connectivity index (χ3v) is 9.83. The van der Waals surface area contributed by atoms with Crippen molar-refractivity contribution in [1.29, 1.82) is 0 Å². The summed E-state index contributed by atoms with van der Waals surface area (Å²) in [5, 5.41) is 0. The second-order valence-electron chi connectivity index (χ2n) is 15.7. The molecule has 58 heavy (non-hydrogen) atoms. The SMILES string of the molecule is CCC/C=C/C/C=C/C/C=C/C/C=C/CCCCCC(=O)OC[C@H](COP(=O)([O-])OCC[N+](C)(C)C)OC(=O)CCCCCC/C=C/C/C=C/C/C=C/CCCCC. The van der Waals surface area contributed by atoms with Gasteiger partial charge in [0.05, 0.1) is 27.7 Å². The number of quaternary nitrogens is 1. The number of phosphoric acid groups is 1. The summed E-state index contributed by atoms with van der Waals surface area (Å²) >= 11 is 0. The molecule has 0 rings (SSSR count). The van der Waals surface area contributed by atoms with E-state index >= 15 is 0 Å². The third-order valence-electron chi connectivity index (χ3n) is 8.87. The Hall–Kier alpha value is -2.81. The van der Waals surface area contributed by atoms with Crippen LogP contribution in [0.3, 0.4) is 0 Å². The Bertz CT molecular complexity index is 1260. The number of likely N-dealkylation sites (N-methyl/N-ethyl adjacent to an activating group) is 1. The maximum atomic E-state index is 12.7. The van der Waals surface area contributed by atoms with Gasteiger partial charge in [-0.25, -0.2) is 0 Å². The first-order chi connectivity index (χ1) is 28.0. The number of unbranched alkanes of at least 4 members (excludes halogenated alkanes) is 11. The van der Waals surface area contributed by atoms with Gasteiger partial charge in [0.15, 0.2) is 6.10 Å². The molecule has 1 unspecified atom stereocenters. The number of ether oxygens (including phenoxy) is 2. The van der Waals surface area contributed by atoms with E-state index in [1.165, 1.54) is 32.1 Å². The largest absolute Gasteiger partial charge is 0.756 e. The van der Waals surface area contributed by atoms with E-state index < -0.39 is 32.5 Å². The molecule has 0 aliphatic carbocycles. The maximum Gasteiger partial charge on any atom is 0.306 e. The fourth-order valence-electron chi connectivity index (χ4n) is 5.36. The molecular formula is C48H82NO8P. The van der Waals surface area contributed by atoms with E-state index in [2.05, 4.69) is 98.9 Å². The molecule has 332 valence electrons. The van der Waals surface area contributed by atoms with E-state index in [-0.39, 0.29) is 26.1 Å². The van der Waals surface area contributed by atoms with Crippen LogP contribution in [0.25, 0.3) is 0 Å². The highest BCUT2D eigenvalue weighted by molar-refractivity contribution is 7.45. The van der Waals surface area contributed by atoms with Gasteiger partial charge in [0.1, 0.15) is 19.8 Å². The average Bonchev–Trinajstić information content (AvgIpc) is 3.17. The topological polar surface area (TPSA) is 111 Å². The van der Waals surface area contributed by atoms with Crippen LogP contribution in [-0.2, 0) is 32.7 Å². The third kappa shape index (κ3) is 42.8. The molecule has 0 saturated heterocycles. The molecule has 0 aromatic heterocycles. The molecule has 0 spiro atoms. The van der Waals surface area contributed by atoms with E-state index in [4.69, 9.17) is 18.5 Å². The molecule has 0 aromatic carbocycles. The molecule has 0 aliphatic rings. The minimum atomic E-state index is -4.64. The molecule has 0 aliphatic heterocycles. The predicted octanol–water partition coefficient (Wildman–Crippen LogP) is 12.2. The summed E-state index contributed by atoms with van der Waals surface area (Å²) in [7, 11) is 1.11. The Morgan fingerprint density at radius 1 is 0.534 bits per heavy atom. The van der Waals surface area contributed by atoms with Crippen LogP contribution in [0.15, 0.2) is 85.1 Å². The number of carbonyl (C=O) groups excluding carboxylic acids is 2. The molecule has 0 bridgehead atoms. The standard InChI is InChI=1S/C48H82NO8P/c1-6-8-10-12-14-16-18-20-22-24-26-28-30-32-34-36-38-40-47(50)54-44-46(45-56-58(52,53)55-43-42-49(3,4)5)57-48(51)41-39-37-35-33-31-29-27-25-23-21-19-17-15-13-11-9-7-2/h10,12,15-18,21-24,27-30,46H,6-9,11,13-14,19-20,25-26,31-45H2,1-5H3/b12-10+,17-15+,18-16+,23-21+,24-22+,29-27+,30-28+/t46-/m1/s1. The molecule has 0 radical (unpaired) electrons. The number of hydrogen-bond acceptors (Lipinski definition) is 8. The Labute approximate surface area is 354 Å². The minimum Gasteiger partial charge on any atom is -0.756 e. The number of rotatable bonds is 39. The normalized spacial score (nSPS) is 14.4. The summed E-state index contributed by atoms with van der Waals surface area (Å²) < 4.78 is 33.8. The first-order valence-corrected chi connectivity index (χ1v) is 23.8. The lowest BCUT2D eigenvalue weighted by molar-refractivity contribution is -0.870. The Kier molecular flexibility index (Phi) is 37.7. The molecule has 0 fully saturated rings. The molecule has 0 amide bonds. The van der Waals surface area contributed by atoms with Crippen LogP contribution in [0, 0.1) is 0 Å². The van der Waals surface area contributed by atoms with Crippen molar-refractivity contribution in [2.75, 3.05) is 47.5 Å². The van der Waals surface area contributed by atoms with Gasteiger partial charge in [-0.3, -0.25) is 14.2 Å². The lowest BCUT2D eigenvalue weighted by Crippen LogP contribution is -2.37. The molecule has 2 atom stereocenters. The maximum absolute atomic E-state index is 12.7. The van der Waals surface area contributed by atoms with Crippen LogP contribution in [-0.4, -0.2) is 70.0 Å². The van der Waals surface area contributed by atoms with Gasteiger partial charge < -0.3 is 27.9 Å². The van der Waals surface area contributed by atoms with Gasteiger partial charge in [0.25, 0.3) is 7.82 Å². The van der Waals surface area contributed by atoms with Crippen molar-refractivity contribution in [3.05, 3.63) is 85.1 Å². The summed E-state index contributed by atoms with van der Waals surface area (Å²) in [5.41, 5.74) is 0. The van der Waals surface area contributed by atoms with Crippen molar-refractivity contribution < 1.29 is 42.1 Å². The first-order valence-electron chi connectivity index (χ1n) is 22.3. The van der Waals surface area contributed by atoms with Crippen molar-refractivity contribution in [3.63, 3.8) is 0 Å². The fraction of sp³-hybridized carbons (Fsp3) is 0.667. The lowest BCUT2D eigenvalue weighted by atomic mass is 10.1. The van der Waals surface area contributed by atoms with E-state index in [1.807, 2.05) is 21.1 Å². The number of phosphoric ester groups is 1. The van der Waals surface area contributed by atoms with Gasteiger partial charge in [-0.05, 0) is 89.9 Å². The van der Waals surface area contributed by atoms with Gasteiger partial charge >= 0.3 is 11.9 Å². The summed E-state index contributed by atoms with van der Waals surface area (Å²) in [6.45, 7) is 4.04. The lowest BCUT2D eigenvalue weighted by Gasteiger charge is -2.28. The Balaban J connectivity index is 4.48. The highest BCUT2D eigenvalue weighted by atomic mass is 31.2. The van der Waals surface area contributed by atoms with Crippen molar-refractivity contribution in [1.82, 2.24) is 0 Å².